The minimum absolute atomic E-state index is 0.0160. The second-order valence-electron chi connectivity index (χ2n) is 11.3. The van der Waals surface area contributed by atoms with Gasteiger partial charge in [0, 0.05) is 50.5 Å². The van der Waals surface area contributed by atoms with Gasteiger partial charge >= 0.3 is 12.4 Å². The first-order valence-corrected chi connectivity index (χ1v) is 13.2. The molecular weight excluding hydrogens is 508 g/mol. The van der Waals surface area contributed by atoms with Gasteiger partial charge in [0.2, 0.25) is 5.91 Å². The average Bonchev–Trinajstić information content (AvgIpc) is 3.44. The summed E-state index contributed by atoms with van der Waals surface area (Å²) < 4.78 is 79.6. The van der Waals surface area contributed by atoms with E-state index >= 15 is 0 Å². The molecule has 0 saturated heterocycles. The number of halogens is 6. The van der Waals surface area contributed by atoms with Gasteiger partial charge < -0.3 is 4.90 Å². The number of aromatic nitrogens is 1. The molecule has 2 saturated carbocycles. The van der Waals surface area contributed by atoms with E-state index in [0.717, 1.165) is 56.1 Å². The fraction of sp³-hybridized carbons (Fsp3) is 0.571. The number of carbonyl (C=O) groups excluding carboxylic acids is 1. The molecule has 0 bridgehead atoms. The first kappa shape index (κ1) is 25.6. The van der Waals surface area contributed by atoms with E-state index in [1.54, 1.807) is 11.0 Å². The summed E-state index contributed by atoms with van der Waals surface area (Å²) in [6.07, 6.45) is -2.84. The third kappa shape index (κ3) is 4.38. The van der Waals surface area contributed by atoms with Crippen LogP contribution in [0, 0.1) is 11.3 Å². The smallest absolute Gasteiger partial charge is 0.337 e. The molecule has 2 aliphatic carbocycles. The Kier molecular flexibility index (Phi) is 6.05. The van der Waals surface area contributed by atoms with Gasteiger partial charge in [0.1, 0.15) is 0 Å². The van der Waals surface area contributed by atoms with E-state index in [1.807, 2.05) is 0 Å². The Balaban J connectivity index is 1.20. The summed E-state index contributed by atoms with van der Waals surface area (Å²) in [4.78, 5) is 22.0. The Morgan fingerprint density at radius 1 is 0.921 bits per heavy atom. The molecule has 10 heteroatoms. The molecule has 204 valence electrons. The number of alkyl halides is 6. The second kappa shape index (κ2) is 8.96. The van der Waals surface area contributed by atoms with Crippen molar-refractivity contribution >= 4 is 5.91 Å². The zero-order valence-corrected chi connectivity index (χ0v) is 20.8. The van der Waals surface area contributed by atoms with E-state index in [4.69, 9.17) is 0 Å². The van der Waals surface area contributed by atoms with Crippen molar-refractivity contribution in [3.05, 3.63) is 64.0 Å². The predicted molar refractivity (Wildman–Crippen MR) is 127 cm³/mol. The lowest BCUT2D eigenvalue weighted by atomic mass is 9.78. The number of hydrogen-bond acceptors (Lipinski definition) is 3. The number of fused-ring (bicyclic) bond motifs is 3. The molecule has 3 heterocycles. The molecule has 38 heavy (non-hydrogen) atoms. The van der Waals surface area contributed by atoms with Crippen LogP contribution in [0.3, 0.4) is 0 Å². The van der Waals surface area contributed by atoms with Gasteiger partial charge in [-0.2, -0.15) is 26.3 Å². The topological polar surface area (TPSA) is 36.4 Å². The maximum absolute atomic E-state index is 14.0. The largest absolute Gasteiger partial charge is 0.417 e. The van der Waals surface area contributed by atoms with Crippen molar-refractivity contribution in [2.45, 2.75) is 76.4 Å². The van der Waals surface area contributed by atoms with Crippen molar-refractivity contribution < 1.29 is 31.1 Å². The monoisotopic (exact) mass is 537 g/mol. The maximum atomic E-state index is 14.0. The molecule has 0 N–H and O–H groups in total. The Labute approximate surface area is 217 Å². The molecule has 0 radical (unpaired) electrons. The lowest BCUT2D eigenvalue weighted by Gasteiger charge is -2.38. The number of carbonyl (C=O) groups is 1. The summed E-state index contributed by atoms with van der Waals surface area (Å²) in [6, 6.07) is 5.20. The van der Waals surface area contributed by atoms with Crippen LogP contribution in [0.15, 0.2) is 30.5 Å². The zero-order valence-electron chi connectivity index (χ0n) is 20.8. The first-order chi connectivity index (χ1) is 17.9. The zero-order chi connectivity index (χ0) is 26.9. The highest BCUT2D eigenvalue weighted by atomic mass is 19.4. The van der Waals surface area contributed by atoms with E-state index in [-0.39, 0.29) is 24.4 Å². The van der Waals surface area contributed by atoms with Crippen molar-refractivity contribution in [3.8, 4) is 0 Å². The van der Waals surface area contributed by atoms with Gasteiger partial charge in [-0.05, 0) is 72.9 Å². The van der Waals surface area contributed by atoms with E-state index in [0.29, 0.717) is 49.2 Å². The molecule has 2 aromatic rings. The number of amides is 1. The average molecular weight is 538 g/mol. The lowest BCUT2D eigenvalue weighted by molar-refractivity contribution is -0.144. The fourth-order valence-electron chi connectivity index (χ4n) is 7.37. The van der Waals surface area contributed by atoms with E-state index in [2.05, 4.69) is 9.88 Å². The normalized spacial score (nSPS) is 27.7. The summed E-state index contributed by atoms with van der Waals surface area (Å²) in [7, 11) is 0. The van der Waals surface area contributed by atoms with Gasteiger partial charge in [0.05, 0.1) is 16.5 Å². The van der Waals surface area contributed by atoms with Gasteiger partial charge in [-0.15, -0.1) is 0 Å². The van der Waals surface area contributed by atoms with Crippen LogP contribution in [-0.4, -0.2) is 39.8 Å². The molecule has 4 nitrogen and oxygen atoms in total. The van der Waals surface area contributed by atoms with E-state index in [1.165, 1.54) is 6.07 Å². The number of rotatable bonds is 2. The highest BCUT2D eigenvalue weighted by Crippen LogP contribution is 2.57. The summed E-state index contributed by atoms with van der Waals surface area (Å²) in [5.74, 6) is 0.200. The second-order valence-corrected chi connectivity index (χ2v) is 11.3. The minimum atomic E-state index is -4.49. The van der Waals surface area contributed by atoms with Crippen LogP contribution in [-0.2, 0) is 43.1 Å². The third-order valence-corrected chi connectivity index (χ3v) is 9.29. The molecule has 0 spiro atoms. The summed E-state index contributed by atoms with van der Waals surface area (Å²) in [6.45, 7) is 1.73. The highest BCUT2D eigenvalue weighted by Gasteiger charge is 2.57. The summed E-state index contributed by atoms with van der Waals surface area (Å²) in [5, 5.41) is 0. The molecule has 1 aromatic carbocycles. The predicted octanol–water partition coefficient (Wildman–Crippen LogP) is 6.01. The van der Waals surface area contributed by atoms with Crippen molar-refractivity contribution in [1.82, 2.24) is 14.8 Å². The SMILES string of the molecule is O=C(N1CCc2ncc(C(F)(F)F)cc2C1)[C@@]12CCC[C@@H]1C[C@H](N1CCc3ccc(C(F)(F)F)cc3C1)C2. The Hall–Kier alpha value is -2.62. The van der Waals surface area contributed by atoms with Crippen molar-refractivity contribution in [2.24, 2.45) is 11.3 Å². The number of nitrogens with zero attached hydrogens (tertiary/aromatic N) is 3. The van der Waals surface area contributed by atoms with E-state index in [9.17, 15) is 31.1 Å². The van der Waals surface area contributed by atoms with Crippen LogP contribution in [0.2, 0.25) is 0 Å². The van der Waals surface area contributed by atoms with Gasteiger partial charge in [-0.1, -0.05) is 12.5 Å². The van der Waals surface area contributed by atoms with Crippen LogP contribution >= 0.6 is 0 Å². The van der Waals surface area contributed by atoms with Crippen molar-refractivity contribution in [3.63, 3.8) is 0 Å². The summed E-state index contributed by atoms with van der Waals surface area (Å²) >= 11 is 0. The molecule has 4 aliphatic rings. The maximum Gasteiger partial charge on any atom is 0.417 e. The summed E-state index contributed by atoms with van der Waals surface area (Å²) in [5.41, 5.74) is 0.709. The van der Waals surface area contributed by atoms with Crippen LogP contribution in [0.1, 0.15) is 65.6 Å². The number of benzene rings is 1. The standard InChI is InChI=1S/C28H29F6N3O/c29-27(30,31)21-4-3-17-5-8-36(15-18(17)10-21)23-12-20-2-1-7-26(20,13-23)25(38)37-9-6-24-19(16-37)11-22(14-35-24)28(32,33)34/h3-4,10-11,14,20,23H,1-2,5-9,12-13,15-16H2/t20-,23+,26-/m1/s1. The fourth-order valence-corrected chi connectivity index (χ4v) is 7.37. The molecule has 2 aliphatic heterocycles. The molecule has 6 rings (SSSR count). The van der Waals surface area contributed by atoms with Crippen LogP contribution in [0.25, 0.3) is 0 Å². The molecule has 2 fully saturated rings. The van der Waals surface area contributed by atoms with Crippen LogP contribution in [0.4, 0.5) is 26.3 Å². The molecule has 0 unspecified atom stereocenters. The lowest BCUT2D eigenvalue weighted by Crippen LogP contribution is -2.47. The Morgan fingerprint density at radius 2 is 1.68 bits per heavy atom. The highest BCUT2D eigenvalue weighted by molar-refractivity contribution is 5.84. The molecule has 3 atom stereocenters. The van der Waals surface area contributed by atoms with Crippen LogP contribution < -0.4 is 0 Å². The van der Waals surface area contributed by atoms with Gasteiger partial charge in [0.25, 0.3) is 0 Å². The molecule has 1 amide bonds. The van der Waals surface area contributed by atoms with Crippen molar-refractivity contribution in [1.29, 1.82) is 0 Å². The third-order valence-electron chi connectivity index (χ3n) is 9.29. The van der Waals surface area contributed by atoms with Gasteiger partial charge in [-0.3, -0.25) is 14.7 Å². The minimum Gasteiger partial charge on any atom is -0.337 e. The Morgan fingerprint density at radius 3 is 2.45 bits per heavy atom. The van der Waals surface area contributed by atoms with Gasteiger partial charge in [-0.25, -0.2) is 0 Å². The Bertz CT molecular complexity index is 1260. The number of pyridine rings is 1. The quantitative estimate of drug-likeness (QED) is 0.441. The molecule has 1 aromatic heterocycles. The van der Waals surface area contributed by atoms with Crippen molar-refractivity contribution in [2.75, 3.05) is 13.1 Å². The number of hydrogen-bond donors (Lipinski definition) is 0. The first-order valence-electron chi connectivity index (χ1n) is 13.2. The van der Waals surface area contributed by atoms with Crippen LogP contribution in [0.5, 0.6) is 0 Å². The van der Waals surface area contributed by atoms with E-state index < -0.39 is 28.9 Å². The van der Waals surface area contributed by atoms with Gasteiger partial charge in [0.15, 0.2) is 0 Å². The molecular formula is C28H29F6N3O.